The lowest BCUT2D eigenvalue weighted by atomic mass is 10.2. The predicted octanol–water partition coefficient (Wildman–Crippen LogP) is 2.27. The lowest BCUT2D eigenvalue weighted by Crippen LogP contribution is -2.24. The Kier molecular flexibility index (Phi) is 5.38. The van der Waals surface area contributed by atoms with Gasteiger partial charge in [0.05, 0.1) is 10.6 Å². The van der Waals surface area contributed by atoms with E-state index in [9.17, 15) is 4.79 Å². The molecular formula is C12H13ClN2O. The minimum atomic E-state index is -0.173. The van der Waals surface area contributed by atoms with Crippen molar-refractivity contribution in [3.63, 3.8) is 0 Å². The third-order valence-corrected chi connectivity index (χ3v) is 2.35. The summed E-state index contributed by atoms with van der Waals surface area (Å²) in [5.74, 6) is 2.38. The molecule has 0 aliphatic rings. The van der Waals surface area contributed by atoms with Crippen LogP contribution in [0.25, 0.3) is 0 Å². The molecule has 0 radical (unpaired) electrons. The number of terminal acetylenes is 1. The van der Waals surface area contributed by atoms with E-state index in [1.807, 2.05) is 0 Å². The molecule has 1 rings (SSSR count). The first-order valence-electron chi connectivity index (χ1n) is 5.07. The van der Waals surface area contributed by atoms with Crippen LogP contribution >= 0.6 is 11.6 Å². The second-order valence-electron chi connectivity index (χ2n) is 3.27. The average molecular weight is 237 g/mol. The fraction of sp³-hybridized carbons (Fsp3) is 0.333. The van der Waals surface area contributed by atoms with Gasteiger partial charge >= 0.3 is 0 Å². The number of nitrogens with zero attached hydrogens (tertiary/aromatic N) is 1. The Morgan fingerprint density at radius 1 is 1.56 bits per heavy atom. The van der Waals surface area contributed by atoms with Crippen LogP contribution in [-0.2, 0) is 0 Å². The van der Waals surface area contributed by atoms with Crippen LogP contribution in [0, 0.1) is 12.3 Å². The number of rotatable bonds is 5. The standard InChI is InChI=1S/C12H13ClN2O/c1-2-3-4-5-7-15-12(16)10-6-8-14-9-11(10)13/h1,6,8-9H,3-5,7H2,(H,15,16). The Balaban J connectivity index is 2.36. The molecule has 1 heterocycles. The molecule has 3 nitrogen and oxygen atoms in total. The second-order valence-corrected chi connectivity index (χ2v) is 3.68. The molecule has 4 heteroatoms. The summed E-state index contributed by atoms with van der Waals surface area (Å²) in [6.45, 7) is 0.610. The zero-order valence-electron chi connectivity index (χ0n) is 8.87. The Morgan fingerprint density at radius 3 is 3.06 bits per heavy atom. The van der Waals surface area contributed by atoms with E-state index in [-0.39, 0.29) is 5.91 Å². The number of halogens is 1. The third kappa shape index (κ3) is 3.92. The number of hydrogen-bond acceptors (Lipinski definition) is 2. The molecular weight excluding hydrogens is 224 g/mol. The van der Waals surface area contributed by atoms with Gasteiger partial charge in [0.15, 0.2) is 0 Å². The first kappa shape index (κ1) is 12.5. The summed E-state index contributed by atoms with van der Waals surface area (Å²) in [6.07, 6.45) is 10.6. The van der Waals surface area contributed by atoms with Crippen molar-refractivity contribution < 1.29 is 4.79 Å². The summed E-state index contributed by atoms with van der Waals surface area (Å²) in [4.78, 5) is 15.4. The largest absolute Gasteiger partial charge is 0.352 e. The summed E-state index contributed by atoms with van der Waals surface area (Å²) >= 11 is 5.83. The zero-order valence-corrected chi connectivity index (χ0v) is 9.63. The molecule has 0 spiro atoms. The number of nitrogens with one attached hydrogen (secondary N) is 1. The van der Waals surface area contributed by atoms with Gasteiger partial charge in [0, 0.05) is 25.4 Å². The van der Waals surface area contributed by atoms with Crippen molar-refractivity contribution in [1.82, 2.24) is 10.3 Å². The van der Waals surface area contributed by atoms with Crippen molar-refractivity contribution in [2.45, 2.75) is 19.3 Å². The molecule has 0 aromatic carbocycles. The minimum absolute atomic E-state index is 0.173. The molecule has 0 atom stereocenters. The maximum Gasteiger partial charge on any atom is 0.252 e. The zero-order chi connectivity index (χ0) is 11.8. The van der Waals surface area contributed by atoms with Gasteiger partial charge in [-0.15, -0.1) is 12.3 Å². The van der Waals surface area contributed by atoms with E-state index in [0.29, 0.717) is 17.1 Å². The number of hydrogen-bond donors (Lipinski definition) is 1. The van der Waals surface area contributed by atoms with Gasteiger partial charge in [0.2, 0.25) is 0 Å². The highest BCUT2D eigenvalue weighted by atomic mass is 35.5. The van der Waals surface area contributed by atoms with Crippen molar-refractivity contribution in [3.8, 4) is 12.3 Å². The molecule has 1 N–H and O–H groups in total. The predicted molar refractivity (Wildman–Crippen MR) is 64.3 cm³/mol. The number of aromatic nitrogens is 1. The molecule has 1 aromatic heterocycles. The van der Waals surface area contributed by atoms with Gasteiger partial charge in [0.1, 0.15) is 0 Å². The molecule has 1 amide bonds. The summed E-state index contributed by atoms with van der Waals surface area (Å²) < 4.78 is 0. The van der Waals surface area contributed by atoms with Crippen LogP contribution in [-0.4, -0.2) is 17.4 Å². The third-order valence-electron chi connectivity index (χ3n) is 2.05. The number of unbranched alkanes of at least 4 members (excludes halogenated alkanes) is 2. The first-order chi connectivity index (χ1) is 7.75. The van der Waals surface area contributed by atoms with Gasteiger partial charge in [-0.2, -0.15) is 0 Å². The Morgan fingerprint density at radius 2 is 2.38 bits per heavy atom. The van der Waals surface area contributed by atoms with Crippen molar-refractivity contribution in [1.29, 1.82) is 0 Å². The molecule has 84 valence electrons. The molecule has 1 aromatic rings. The van der Waals surface area contributed by atoms with Crippen LogP contribution in [0.2, 0.25) is 5.02 Å². The number of amides is 1. The van der Waals surface area contributed by atoms with E-state index < -0.39 is 0 Å². The smallest absolute Gasteiger partial charge is 0.252 e. The van der Waals surface area contributed by atoms with Gasteiger partial charge < -0.3 is 5.32 Å². The topological polar surface area (TPSA) is 42.0 Å². The van der Waals surface area contributed by atoms with Gasteiger partial charge in [-0.3, -0.25) is 9.78 Å². The fourth-order valence-electron chi connectivity index (χ4n) is 1.21. The van der Waals surface area contributed by atoms with Crippen molar-refractivity contribution >= 4 is 17.5 Å². The van der Waals surface area contributed by atoms with Crippen LogP contribution in [0.1, 0.15) is 29.6 Å². The maximum atomic E-state index is 11.6. The lowest BCUT2D eigenvalue weighted by molar-refractivity contribution is 0.0953. The van der Waals surface area contributed by atoms with Crippen molar-refractivity contribution in [2.75, 3.05) is 6.54 Å². The SMILES string of the molecule is C#CCCCCNC(=O)c1ccncc1Cl. The van der Waals surface area contributed by atoms with Gasteiger partial charge in [-0.05, 0) is 18.9 Å². The number of pyridine rings is 1. The van der Waals surface area contributed by atoms with Gasteiger partial charge in [0.25, 0.3) is 5.91 Å². The second kappa shape index (κ2) is 6.86. The molecule has 0 saturated carbocycles. The fourth-order valence-corrected chi connectivity index (χ4v) is 1.41. The first-order valence-corrected chi connectivity index (χ1v) is 5.44. The van der Waals surface area contributed by atoms with E-state index in [2.05, 4.69) is 16.2 Å². The molecule has 0 saturated heterocycles. The van der Waals surface area contributed by atoms with Crippen molar-refractivity contribution in [2.24, 2.45) is 0 Å². The van der Waals surface area contributed by atoms with Crippen molar-refractivity contribution in [3.05, 3.63) is 29.0 Å². The Labute approximate surface area is 100 Å². The normalized spacial score (nSPS) is 9.50. The number of carbonyl (C=O) groups excluding carboxylic acids is 1. The highest BCUT2D eigenvalue weighted by molar-refractivity contribution is 6.33. The van der Waals surface area contributed by atoms with Crippen LogP contribution in [0.5, 0.6) is 0 Å². The molecule has 16 heavy (non-hydrogen) atoms. The highest BCUT2D eigenvalue weighted by Gasteiger charge is 2.08. The number of carbonyl (C=O) groups is 1. The van der Waals surface area contributed by atoms with Crippen LogP contribution in [0.4, 0.5) is 0 Å². The highest BCUT2D eigenvalue weighted by Crippen LogP contribution is 2.12. The van der Waals surface area contributed by atoms with E-state index in [1.54, 1.807) is 12.3 Å². The van der Waals surface area contributed by atoms with Gasteiger partial charge in [-0.1, -0.05) is 11.6 Å². The Hall–Kier alpha value is -1.53. The van der Waals surface area contributed by atoms with E-state index >= 15 is 0 Å². The summed E-state index contributed by atoms with van der Waals surface area (Å²) in [5, 5.41) is 3.14. The van der Waals surface area contributed by atoms with E-state index in [1.165, 1.54) is 6.20 Å². The van der Waals surface area contributed by atoms with Crippen LogP contribution in [0.15, 0.2) is 18.5 Å². The minimum Gasteiger partial charge on any atom is -0.352 e. The summed E-state index contributed by atoms with van der Waals surface area (Å²) in [5.41, 5.74) is 0.452. The molecule has 0 aliphatic heterocycles. The monoisotopic (exact) mass is 236 g/mol. The summed E-state index contributed by atoms with van der Waals surface area (Å²) in [6, 6.07) is 1.60. The maximum absolute atomic E-state index is 11.6. The molecule has 0 bridgehead atoms. The summed E-state index contributed by atoms with van der Waals surface area (Å²) in [7, 11) is 0. The Bertz CT molecular complexity index is 398. The lowest BCUT2D eigenvalue weighted by Gasteiger charge is -2.05. The van der Waals surface area contributed by atoms with Gasteiger partial charge in [-0.25, -0.2) is 0 Å². The molecule has 0 unspecified atom stereocenters. The molecule has 0 aliphatic carbocycles. The quantitative estimate of drug-likeness (QED) is 0.630. The molecule has 0 fully saturated rings. The van der Waals surface area contributed by atoms with E-state index in [4.69, 9.17) is 18.0 Å². The van der Waals surface area contributed by atoms with E-state index in [0.717, 1.165) is 19.3 Å². The van der Waals surface area contributed by atoms with Crippen LogP contribution in [0.3, 0.4) is 0 Å². The van der Waals surface area contributed by atoms with Crippen LogP contribution < -0.4 is 5.32 Å². The average Bonchev–Trinajstić information content (AvgIpc) is 2.29.